The van der Waals surface area contributed by atoms with Gasteiger partial charge in [-0.1, -0.05) is 23.9 Å². The second kappa shape index (κ2) is 8.54. The number of aromatic nitrogens is 4. The van der Waals surface area contributed by atoms with E-state index in [1.807, 2.05) is 30.3 Å². The van der Waals surface area contributed by atoms with Crippen LogP contribution in [0.2, 0.25) is 0 Å². The van der Waals surface area contributed by atoms with Gasteiger partial charge in [0.2, 0.25) is 11.1 Å². The van der Waals surface area contributed by atoms with Gasteiger partial charge in [0.05, 0.1) is 12.4 Å². The number of benzene rings is 1. The molecule has 27 heavy (non-hydrogen) atoms. The van der Waals surface area contributed by atoms with E-state index in [-0.39, 0.29) is 11.2 Å². The van der Waals surface area contributed by atoms with Crippen LogP contribution in [0, 0.1) is 0 Å². The molecule has 0 saturated heterocycles. The van der Waals surface area contributed by atoms with Crippen LogP contribution < -0.4 is 15.9 Å². The first-order chi connectivity index (χ1) is 13.1. The number of carbonyl (C=O) groups excluding carboxylic acids is 1. The van der Waals surface area contributed by atoms with E-state index >= 15 is 0 Å². The predicted octanol–water partition coefficient (Wildman–Crippen LogP) is 1.86. The van der Waals surface area contributed by atoms with Gasteiger partial charge in [-0.3, -0.25) is 9.78 Å². The van der Waals surface area contributed by atoms with Crippen LogP contribution in [0.5, 0.6) is 5.75 Å². The van der Waals surface area contributed by atoms with Crippen molar-refractivity contribution >= 4 is 17.7 Å². The van der Waals surface area contributed by atoms with Gasteiger partial charge in [0, 0.05) is 24.5 Å². The summed E-state index contributed by atoms with van der Waals surface area (Å²) in [5.41, 5.74) is 1.75. The van der Waals surface area contributed by atoms with Crippen LogP contribution in [-0.4, -0.2) is 38.1 Å². The summed E-state index contributed by atoms with van der Waals surface area (Å²) >= 11 is 1.25. The molecule has 0 saturated carbocycles. The highest BCUT2D eigenvalue weighted by atomic mass is 32.2. The summed E-state index contributed by atoms with van der Waals surface area (Å²) in [5, 5.41) is 11.2. The Bertz CT molecular complexity index is 898. The van der Waals surface area contributed by atoms with Crippen molar-refractivity contribution in [3.63, 3.8) is 0 Å². The number of rotatable bonds is 7. The molecular formula is C18H20N6O2S. The van der Waals surface area contributed by atoms with E-state index in [1.54, 1.807) is 32.5 Å². The number of methoxy groups -OCH3 is 1. The Morgan fingerprint density at radius 1 is 1.30 bits per heavy atom. The number of nitrogens with two attached hydrogens (primary N) is 1. The molecule has 0 aliphatic heterocycles. The van der Waals surface area contributed by atoms with Crippen LogP contribution in [0.25, 0.3) is 11.4 Å². The summed E-state index contributed by atoms with van der Waals surface area (Å²) < 4.78 is 6.49. The Balaban J connectivity index is 1.59. The van der Waals surface area contributed by atoms with Crippen molar-refractivity contribution in [1.29, 1.82) is 0 Å². The Kier molecular flexibility index (Phi) is 5.92. The van der Waals surface area contributed by atoms with Crippen molar-refractivity contribution in [3.05, 3.63) is 54.4 Å². The number of nitrogens with zero attached hydrogens (tertiary/aromatic N) is 4. The summed E-state index contributed by atoms with van der Waals surface area (Å²) in [5.74, 6) is 7.24. The number of pyridine rings is 1. The summed E-state index contributed by atoms with van der Waals surface area (Å²) in [6.45, 7) is 2.23. The van der Waals surface area contributed by atoms with Crippen molar-refractivity contribution in [1.82, 2.24) is 25.2 Å². The number of nitrogen functional groups attached to an aromatic ring is 1. The fraction of sp³-hybridized carbons (Fsp3) is 0.222. The maximum Gasteiger partial charge on any atom is 0.233 e. The fourth-order valence-corrected chi connectivity index (χ4v) is 3.13. The maximum atomic E-state index is 12.4. The highest BCUT2D eigenvalue weighted by Crippen LogP contribution is 2.24. The summed E-state index contributed by atoms with van der Waals surface area (Å²) in [6.07, 6.45) is 3.33. The predicted molar refractivity (Wildman–Crippen MR) is 104 cm³/mol. The first-order valence-corrected chi connectivity index (χ1v) is 9.14. The van der Waals surface area contributed by atoms with E-state index in [4.69, 9.17) is 10.6 Å². The van der Waals surface area contributed by atoms with Crippen molar-refractivity contribution in [2.24, 2.45) is 0 Å². The topological polar surface area (TPSA) is 108 Å². The highest BCUT2D eigenvalue weighted by molar-refractivity contribution is 8.00. The van der Waals surface area contributed by atoms with Crippen LogP contribution >= 0.6 is 11.8 Å². The Morgan fingerprint density at radius 2 is 2.07 bits per heavy atom. The molecule has 2 heterocycles. The molecule has 8 nitrogen and oxygen atoms in total. The molecular weight excluding hydrogens is 364 g/mol. The number of nitrogens with one attached hydrogen (secondary N) is 1. The van der Waals surface area contributed by atoms with E-state index in [1.165, 1.54) is 16.4 Å². The number of carbonyl (C=O) groups is 1. The zero-order valence-electron chi connectivity index (χ0n) is 15.0. The lowest BCUT2D eigenvalue weighted by molar-refractivity contribution is -0.120. The molecule has 0 aliphatic rings. The van der Waals surface area contributed by atoms with Crippen LogP contribution in [0.4, 0.5) is 0 Å². The largest absolute Gasteiger partial charge is 0.497 e. The SMILES string of the molecule is COc1ccc(CNC(=O)[C@H](C)Sc2nnc(-c3cccnc3)n2N)cc1. The molecule has 140 valence electrons. The lowest BCUT2D eigenvalue weighted by atomic mass is 10.2. The number of hydrogen-bond acceptors (Lipinski definition) is 7. The maximum absolute atomic E-state index is 12.4. The average Bonchev–Trinajstić information content (AvgIpc) is 3.07. The third-order valence-corrected chi connectivity index (χ3v) is 4.92. The molecule has 1 amide bonds. The second-order valence-electron chi connectivity index (χ2n) is 5.74. The Labute approximate surface area is 161 Å². The van der Waals surface area contributed by atoms with Gasteiger partial charge in [0.15, 0.2) is 5.82 Å². The van der Waals surface area contributed by atoms with Gasteiger partial charge in [-0.2, -0.15) is 0 Å². The molecule has 1 atom stereocenters. The number of amides is 1. The van der Waals surface area contributed by atoms with Gasteiger partial charge in [-0.05, 0) is 36.8 Å². The lowest BCUT2D eigenvalue weighted by Crippen LogP contribution is -2.30. The van der Waals surface area contributed by atoms with E-state index in [0.29, 0.717) is 17.5 Å². The van der Waals surface area contributed by atoms with Crippen molar-refractivity contribution in [2.45, 2.75) is 23.9 Å². The number of thioether (sulfide) groups is 1. The molecule has 9 heteroatoms. The normalized spacial score (nSPS) is 11.8. The molecule has 3 rings (SSSR count). The van der Waals surface area contributed by atoms with Gasteiger partial charge in [0.1, 0.15) is 5.75 Å². The molecule has 2 aromatic heterocycles. The number of hydrogen-bond donors (Lipinski definition) is 2. The quantitative estimate of drug-likeness (QED) is 0.473. The lowest BCUT2D eigenvalue weighted by Gasteiger charge is -2.12. The molecule has 0 radical (unpaired) electrons. The summed E-state index contributed by atoms with van der Waals surface area (Å²) in [6, 6.07) is 11.2. The van der Waals surface area contributed by atoms with Crippen LogP contribution in [-0.2, 0) is 11.3 Å². The first-order valence-electron chi connectivity index (χ1n) is 8.26. The Hall–Kier alpha value is -3.07. The Morgan fingerprint density at radius 3 is 2.74 bits per heavy atom. The molecule has 0 bridgehead atoms. The van der Waals surface area contributed by atoms with E-state index in [0.717, 1.165) is 16.9 Å². The fourth-order valence-electron chi connectivity index (χ4n) is 2.34. The molecule has 3 aromatic rings. The van der Waals surface area contributed by atoms with E-state index in [2.05, 4.69) is 20.5 Å². The molecule has 0 fully saturated rings. The van der Waals surface area contributed by atoms with Gasteiger partial charge >= 0.3 is 0 Å². The number of ether oxygens (including phenoxy) is 1. The van der Waals surface area contributed by atoms with Crippen LogP contribution in [0.1, 0.15) is 12.5 Å². The smallest absolute Gasteiger partial charge is 0.233 e. The summed E-state index contributed by atoms with van der Waals surface area (Å²) in [4.78, 5) is 16.4. The highest BCUT2D eigenvalue weighted by Gasteiger charge is 2.19. The van der Waals surface area contributed by atoms with Gasteiger partial charge in [-0.25, -0.2) is 4.68 Å². The third-order valence-electron chi connectivity index (χ3n) is 3.86. The molecule has 3 N–H and O–H groups in total. The second-order valence-corrected chi connectivity index (χ2v) is 7.05. The standard InChI is InChI=1S/C18H20N6O2S/c1-12(17(25)21-10-13-5-7-15(26-2)8-6-13)27-18-23-22-16(24(18)19)14-4-3-9-20-11-14/h3-9,11-12H,10,19H2,1-2H3,(H,21,25)/t12-/m0/s1. The van der Waals surface area contributed by atoms with Crippen molar-refractivity contribution < 1.29 is 9.53 Å². The minimum absolute atomic E-state index is 0.109. The van der Waals surface area contributed by atoms with E-state index < -0.39 is 0 Å². The first kappa shape index (κ1) is 18.7. The van der Waals surface area contributed by atoms with Crippen molar-refractivity contribution in [3.8, 4) is 17.1 Å². The van der Waals surface area contributed by atoms with Crippen LogP contribution in [0.3, 0.4) is 0 Å². The zero-order valence-corrected chi connectivity index (χ0v) is 15.8. The van der Waals surface area contributed by atoms with Gasteiger partial charge < -0.3 is 15.9 Å². The van der Waals surface area contributed by atoms with Gasteiger partial charge in [-0.15, -0.1) is 10.2 Å². The van der Waals surface area contributed by atoms with E-state index in [9.17, 15) is 4.79 Å². The van der Waals surface area contributed by atoms with Crippen molar-refractivity contribution in [2.75, 3.05) is 13.0 Å². The molecule has 0 aliphatic carbocycles. The zero-order chi connectivity index (χ0) is 19.2. The minimum Gasteiger partial charge on any atom is -0.497 e. The molecule has 0 unspecified atom stereocenters. The van der Waals surface area contributed by atoms with Crippen LogP contribution in [0.15, 0.2) is 53.9 Å². The average molecular weight is 384 g/mol. The molecule has 0 spiro atoms. The summed E-state index contributed by atoms with van der Waals surface area (Å²) in [7, 11) is 1.62. The third kappa shape index (κ3) is 4.56. The molecule has 1 aromatic carbocycles. The minimum atomic E-state index is -0.378. The van der Waals surface area contributed by atoms with Gasteiger partial charge in [0.25, 0.3) is 0 Å². The monoisotopic (exact) mass is 384 g/mol.